The second kappa shape index (κ2) is 2.89. The summed E-state index contributed by atoms with van der Waals surface area (Å²) in [6, 6.07) is 0. The van der Waals surface area contributed by atoms with Crippen molar-refractivity contribution in [2.75, 3.05) is 13.1 Å². The predicted molar refractivity (Wildman–Crippen MR) is 35.0 cm³/mol. The molecule has 4 heteroatoms. The maximum absolute atomic E-state index is 4.17. The number of nitrogens with zero attached hydrogens (tertiary/aromatic N) is 1. The van der Waals surface area contributed by atoms with Crippen LogP contribution in [-0.2, 0) is 0 Å². The highest BCUT2D eigenvalue weighted by molar-refractivity contribution is 9.24. The van der Waals surface area contributed by atoms with Gasteiger partial charge in [-0.25, -0.2) is 0 Å². The van der Waals surface area contributed by atoms with Gasteiger partial charge in [0.05, 0.1) is 6.54 Å². The van der Waals surface area contributed by atoms with Crippen LogP contribution in [0.5, 0.6) is 0 Å². The number of aliphatic imine (C=N–C) groups is 1. The van der Waals surface area contributed by atoms with E-state index in [1.165, 1.54) is 3.96 Å². The quantitative estimate of drug-likeness (QED) is 0.553. The molecule has 0 aromatic heterocycles. The third kappa shape index (κ3) is 1.58. The van der Waals surface area contributed by atoms with Gasteiger partial charge in [0.15, 0.2) is 0 Å². The van der Waals surface area contributed by atoms with Gasteiger partial charge in [0.1, 0.15) is 0 Å². The van der Waals surface area contributed by atoms with E-state index in [-0.39, 0.29) is 18.2 Å². The summed E-state index contributed by atoms with van der Waals surface area (Å²) in [5.74, 6) is 0. The van der Waals surface area contributed by atoms with E-state index in [1.807, 2.05) is 0 Å². The van der Waals surface area contributed by atoms with Crippen molar-refractivity contribution < 1.29 is 0 Å². The van der Waals surface area contributed by atoms with Crippen molar-refractivity contribution in [2.45, 2.75) is 0 Å². The average Bonchev–Trinajstić information content (AvgIpc) is 2.14. The molecular weight excluding hydrogens is 168 g/mol. The van der Waals surface area contributed by atoms with Gasteiger partial charge in [0.25, 0.3) is 0 Å². The molecule has 1 heterocycles. The van der Waals surface area contributed by atoms with Crippen LogP contribution < -0.4 is 5.32 Å². The molecule has 0 atom stereocenters. The number of nitrogens with one attached hydrogen (secondary N) is 1. The summed E-state index contributed by atoms with van der Waals surface area (Å²) in [6.07, 6.45) is 0. The maximum atomic E-state index is 4.17. The van der Waals surface area contributed by atoms with Gasteiger partial charge in [0.2, 0.25) is 0 Å². The number of hydrogen-bond donors (Lipinski definition) is 1. The molecule has 0 fully saturated rings. The van der Waals surface area contributed by atoms with E-state index in [2.05, 4.69) is 23.2 Å². The molecule has 0 unspecified atom stereocenters. The summed E-state index contributed by atoms with van der Waals surface area (Å²) in [5.41, 5.74) is 0. The second-order valence-corrected chi connectivity index (χ2v) is 4.01. The van der Waals surface area contributed by atoms with E-state index < -0.39 is 0 Å². The average molecular weight is 173 g/mol. The third-order valence-electron chi connectivity index (χ3n) is 0.870. The monoisotopic (exact) mass is 172 g/mol. The molecule has 0 saturated carbocycles. The van der Waals surface area contributed by atoms with E-state index in [1.54, 1.807) is 0 Å². The highest BCUT2D eigenvalue weighted by Gasteiger charge is 2.03. The Morgan fingerprint density at radius 2 is 2.71 bits per heavy atom. The summed E-state index contributed by atoms with van der Waals surface area (Å²) in [7, 11) is 0. The standard InChI is InChI=1S/C3H5N2.BrH.Mg/c1-2-5-3-4-1;;/h1-2H2,(H,4,5);1H;/q;;+1/p-1. The Hall–Kier alpha value is 0.716. The van der Waals surface area contributed by atoms with Gasteiger partial charge in [0, 0.05) is 6.54 Å². The van der Waals surface area contributed by atoms with E-state index in [9.17, 15) is 0 Å². The molecule has 0 spiro atoms. The van der Waals surface area contributed by atoms with E-state index >= 15 is 0 Å². The molecule has 0 radical (unpaired) electrons. The lowest BCUT2D eigenvalue weighted by atomic mass is 10.7. The Labute approximate surface area is 58.4 Å². The zero-order valence-corrected chi connectivity index (χ0v) is 6.95. The van der Waals surface area contributed by atoms with Gasteiger partial charge < -0.3 is 10.3 Å². The first kappa shape index (κ1) is 5.85. The van der Waals surface area contributed by atoms with Crippen molar-refractivity contribution >= 4 is 35.0 Å². The second-order valence-electron chi connectivity index (χ2n) is 1.39. The van der Waals surface area contributed by atoms with Crippen LogP contribution in [0.3, 0.4) is 0 Å². The fourth-order valence-corrected chi connectivity index (χ4v) is 2.18. The van der Waals surface area contributed by atoms with E-state index in [0.717, 1.165) is 13.1 Å². The van der Waals surface area contributed by atoms with Crippen molar-refractivity contribution in [1.29, 1.82) is 0 Å². The molecular formula is C3H5BrMgN2. The van der Waals surface area contributed by atoms with Crippen molar-refractivity contribution in [3.05, 3.63) is 0 Å². The molecule has 7 heavy (non-hydrogen) atoms. The van der Waals surface area contributed by atoms with Gasteiger partial charge in [-0.3, -0.25) is 12.9 Å². The zero-order valence-electron chi connectivity index (χ0n) is 3.95. The summed E-state index contributed by atoms with van der Waals surface area (Å²) in [6.45, 7) is 2.03. The maximum Gasteiger partial charge on any atom is 0.560 e. The molecule has 36 valence electrons. The number of hydrogen-bond acceptors (Lipinski definition) is 2. The minimum atomic E-state index is -0.158. The fraction of sp³-hybridized carbons (Fsp3) is 0.667. The third-order valence-corrected chi connectivity index (χ3v) is 3.19. The summed E-state index contributed by atoms with van der Waals surface area (Å²) in [4.78, 5) is 4.17. The van der Waals surface area contributed by atoms with Gasteiger partial charge in [-0.2, -0.15) is 0 Å². The summed E-state index contributed by atoms with van der Waals surface area (Å²) in [5, 5.41) is 3.17. The predicted octanol–water partition coefficient (Wildman–Crippen LogP) is -0.0403. The normalized spacial score (nSPS) is 17.6. The highest BCUT2D eigenvalue weighted by atomic mass is 79.9. The minimum Gasteiger partial charge on any atom is -0.396 e. The lowest BCUT2D eigenvalue weighted by Gasteiger charge is -1.90. The van der Waals surface area contributed by atoms with E-state index in [0.29, 0.717) is 0 Å². The van der Waals surface area contributed by atoms with Crippen LogP contribution in [0.25, 0.3) is 0 Å². The van der Waals surface area contributed by atoms with Crippen LogP contribution in [0.15, 0.2) is 4.99 Å². The molecule has 0 amide bonds. The van der Waals surface area contributed by atoms with Gasteiger partial charge in [-0.05, 0) is 3.96 Å². The first-order chi connectivity index (χ1) is 3.43. The largest absolute Gasteiger partial charge is 0.560 e. The molecule has 1 N–H and O–H groups in total. The zero-order chi connectivity index (χ0) is 5.11. The molecule has 0 aromatic carbocycles. The first-order valence-corrected chi connectivity index (χ1v) is 6.87. The smallest absolute Gasteiger partial charge is 0.396 e. The Bertz CT molecular complexity index is 92.9. The molecule has 1 aliphatic heterocycles. The van der Waals surface area contributed by atoms with Gasteiger partial charge in [-0.1, -0.05) is 0 Å². The Morgan fingerprint density at radius 1 is 1.86 bits per heavy atom. The molecule has 2 nitrogen and oxygen atoms in total. The van der Waals surface area contributed by atoms with Crippen LogP contribution in [0.4, 0.5) is 0 Å². The number of rotatable bonds is 1. The topological polar surface area (TPSA) is 24.4 Å². The summed E-state index contributed by atoms with van der Waals surface area (Å²) < 4.78 is 1.22. The van der Waals surface area contributed by atoms with Crippen LogP contribution in [-0.4, -0.2) is 35.2 Å². The van der Waals surface area contributed by atoms with Crippen LogP contribution in [0.2, 0.25) is 0 Å². The van der Waals surface area contributed by atoms with Gasteiger partial charge >= 0.3 is 18.2 Å². The Kier molecular flexibility index (Phi) is 2.41. The van der Waals surface area contributed by atoms with Crippen molar-refractivity contribution in [3.8, 4) is 0 Å². The first-order valence-electron chi connectivity index (χ1n) is 2.26. The van der Waals surface area contributed by atoms with Crippen molar-refractivity contribution in [3.63, 3.8) is 0 Å². The van der Waals surface area contributed by atoms with Crippen molar-refractivity contribution in [2.24, 2.45) is 4.99 Å². The Balaban J connectivity index is 2.36. The fourth-order valence-electron chi connectivity index (χ4n) is 0.536. The molecule has 0 bridgehead atoms. The number of halogens is 1. The SMILES string of the molecule is [Br][Mg][C]1=NCCN1. The lowest BCUT2D eigenvalue weighted by molar-refractivity contribution is 0.963. The van der Waals surface area contributed by atoms with Crippen molar-refractivity contribution in [1.82, 2.24) is 5.32 Å². The molecule has 0 aromatic rings. The van der Waals surface area contributed by atoms with Crippen LogP contribution in [0.1, 0.15) is 0 Å². The molecule has 0 aliphatic carbocycles. The van der Waals surface area contributed by atoms with Gasteiger partial charge in [-0.15, -0.1) is 0 Å². The Morgan fingerprint density at radius 3 is 3.00 bits per heavy atom. The molecule has 1 aliphatic rings. The lowest BCUT2D eigenvalue weighted by Crippen LogP contribution is -2.21. The molecule has 1 rings (SSSR count). The van der Waals surface area contributed by atoms with Crippen LogP contribution >= 0.6 is 12.9 Å². The summed E-state index contributed by atoms with van der Waals surface area (Å²) >= 11 is 3.26. The molecule has 0 saturated heterocycles. The van der Waals surface area contributed by atoms with E-state index in [4.69, 9.17) is 0 Å². The number of amidine groups is 1. The van der Waals surface area contributed by atoms with Crippen LogP contribution in [0, 0.1) is 0 Å². The highest BCUT2D eigenvalue weighted by Crippen LogP contribution is 1.85. The minimum absolute atomic E-state index is 0.158.